The lowest BCUT2D eigenvalue weighted by atomic mass is 10.2. The predicted octanol–water partition coefficient (Wildman–Crippen LogP) is 5.29. The summed E-state index contributed by atoms with van der Waals surface area (Å²) in [4.78, 5) is 38.4. The zero-order valence-corrected chi connectivity index (χ0v) is 16.3. The molecule has 0 aliphatic carbocycles. The Morgan fingerprint density at radius 3 is 2.23 bits per heavy atom. The molecule has 0 bridgehead atoms. The summed E-state index contributed by atoms with van der Waals surface area (Å²) < 4.78 is 18.2. The maximum absolute atomic E-state index is 13.0. The second-order valence-electron chi connectivity index (χ2n) is 6.32. The van der Waals surface area contributed by atoms with Crippen molar-refractivity contribution < 1.29 is 23.5 Å². The van der Waals surface area contributed by atoms with Crippen LogP contribution in [0.4, 0.5) is 14.9 Å². The van der Waals surface area contributed by atoms with Crippen molar-refractivity contribution in [3.63, 3.8) is 0 Å². The maximum Gasteiger partial charge on any atom is 0.343 e. The third kappa shape index (κ3) is 4.16. The molecule has 1 fully saturated rings. The molecule has 3 aromatic carbocycles. The Balaban J connectivity index is 1.47. The smallest absolute Gasteiger partial charge is 0.343 e. The lowest BCUT2D eigenvalue weighted by Gasteiger charge is -2.11. The fraction of sp³-hybridized carbons (Fsp3) is 0. The number of ether oxygens (including phenoxy) is 1. The van der Waals surface area contributed by atoms with Gasteiger partial charge in [-0.15, -0.1) is 0 Å². The number of hydrogen-bond donors (Lipinski definition) is 0. The molecule has 5 nitrogen and oxygen atoms in total. The highest BCUT2D eigenvalue weighted by molar-refractivity contribution is 8.19. The first-order valence-corrected chi connectivity index (χ1v) is 9.74. The lowest BCUT2D eigenvalue weighted by Crippen LogP contribution is -2.27. The minimum absolute atomic E-state index is 0.232. The van der Waals surface area contributed by atoms with Gasteiger partial charge in [0.2, 0.25) is 0 Å². The molecule has 30 heavy (non-hydrogen) atoms. The SMILES string of the molecule is O=C(Oc1ccc(/C=C2\SC(=O)N(c3ccccc3)C2=O)cc1)c1ccc(F)cc1. The zero-order chi connectivity index (χ0) is 21.1. The molecule has 0 saturated carbocycles. The number of halogens is 1. The third-order valence-electron chi connectivity index (χ3n) is 4.28. The molecular weight excluding hydrogens is 405 g/mol. The van der Waals surface area contributed by atoms with Gasteiger partial charge in [-0.1, -0.05) is 30.3 Å². The van der Waals surface area contributed by atoms with E-state index in [9.17, 15) is 18.8 Å². The number of amides is 2. The van der Waals surface area contributed by atoms with Crippen molar-refractivity contribution in [1.29, 1.82) is 0 Å². The lowest BCUT2D eigenvalue weighted by molar-refractivity contribution is -0.113. The van der Waals surface area contributed by atoms with E-state index in [-0.39, 0.29) is 16.7 Å². The van der Waals surface area contributed by atoms with Crippen LogP contribution in [0, 0.1) is 5.82 Å². The van der Waals surface area contributed by atoms with Gasteiger partial charge in [0.25, 0.3) is 11.1 Å². The molecule has 0 radical (unpaired) electrons. The summed E-state index contributed by atoms with van der Waals surface area (Å²) in [5, 5.41) is -0.359. The average Bonchev–Trinajstić information content (AvgIpc) is 3.03. The van der Waals surface area contributed by atoms with Crippen LogP contribution in [0.15, 0.2) is 83.8 Å². The number of hydrogen-bond acceptors (Lipinski definition) is 5. The van der Waals surface area contributed by atoms with Crippen molar-refractivity contribution >= 4 is 40.6 Å². The number of benzene rings is 3. The van der Waals surface area contributed by atoms with Crippen molar-refractivity contribution in [2.24, 2.45) is 0 Å². The highest BCUT2D eigenvalue weighted by Gasteiger charge is 2.36. The molecule has 0 atom stereocenters. The second-order valence-corrected chi connectivity index (χ2v) is 7.31. The quantitative estimate of drug-likeness (QED) is 0.327. The first kappa shape index (κ1) is 19.6. The van der Waals surface area contributed by atoms with Crippen LogP contribution in [-0.4, -0.2) is 17.1 Å². The summed E-state index contributed by atoms with van der Waals surface area (Å²) in [5.74, 6) is -1.12. The van der Waals surface area contributed by atoms with Crippen LogP contribution in [0.5, 0.6) is 5.75 Å². The normalized spacial score (nSPS) is 15.0. The van der Waals surface area contributed by atoms with Crippen LogP contribution < -0.4 is 9.64 Å². The van der Waals surface area contributed by atoms with Crippen molar-refractivity contribution in [3.05, 3.63) is 101 Å². The Labute approximate surface area is 175 Å². The first-order chi connectivity index (χ1) is 14.5. The van der Waals surface area contributed by atoms with E-state index in [0.717, 1.165) is 16.7 Å². The number of para-hydroxylation sites is 1. The fourth-order valence-corrected chi connectivity index (χ4v) is 3.64. The molecule has 0 unspecified atom stereocenters. The molecule has 1 aliphatic rings. The van der Waals surface area contributed by atoms with Gasteiger partial charge in [0.15, 0.2) is 0 Å². The van der Waals surface area contributed by atoms with Crippen molar-refractivity contribution in [3.8, 4) is 5.75 Å². The molecule has 3 aromatic rings. The molecule has 0 spiro atoms. The van der Waals surface area contributed by atoms with E-state index in [0.29, 0.717) is 21.9 Å². The highest BCUT2D eigenvalue weighted by atomic mass is 32.2. The minimum Gasteiger partial charge on any atom is -0.423 e. The summed E-state index contributed by atoms with van der Waals surface area (Å²) in [6.07, 6.45) is 1.61. The highest BCUT2D eigenvalue weighted by Crippen LogP contribution is 2.35. The minimum atomic E-state index is -0.605. The molecule has 2 amide bonds. The molecule has 1 aliphatic heterocycles. The molecule has 0 aromatic heterocycles. The molecule has 4 rings (SSSR count). The van der Waals surface area contributed by atoms with Crippen molar-refractivity contribution in [2.75, 3.05) is 4.90 Å². The molecule has 7 heteroatoms. The molecular formula is C23H14FNO4S. The van der Waals surface area contributed by atoms with Gasteiger partial charge >= 0.3 is 5.97 Å². The topological polar surface area (TPSA) is 63.7 Å². The molecule has 0 N–H and O–H groups in total. The maximum atomic E-state index is 13.0. The van der Waals surface area contributed by atoms with E-state index >= 15 is 0 Å². The Hall–Kier alpha value is -3.71. The molecule has 1 saturated heterocycles. The Bertz CT molecular complexity index is 1140. The zero-order valence-electron chi connectivity index (χ0n) is 15.4. The van der Waals surface area contributed by atoms with Gasteiger partial charge in [-0.2, -0.15) is 0 Å². The van der Waals surface area contributed by atoms with Gasteiger partial charge in [0.05, 0.1) is 16.2 Å². The van der Waals surface area contributed by atoms with Crippen molar-refractivity contribution in [1.82, 2.24) is 0 Å². The van der Waals surface area contributed by atoms with E-state index in [1.54, 1.807) is 54.6 Å². The predicted molar refractivity (Wildman–Crippen MR) is 113 cm³/mol. The van der Waals surface area contributed by atoms with E-state index in [1.165, 1.54) is 24.3 Å². The van der Waals surface area contributed by atoms with E-state index in [1.807, 2.05) is 6.07 Å². The largest absolute Gasteiger partial charge is 0.423 e. The van der Waals surface area contributed by atoms with Crippen molar-refractivity contribution in [2.45, 2.75) is 0 Å². The van der Waals surface area contributed by atoms with Gasteiger partial charge in [0.1, 0.15) is 11.6 Å². The Kier molecular flexibility index (Phi) is 5.45. The number of nitrogens with zero attached hydrogens (tertiary/aromatic N) is 1. The number of carbonyl (C=O) groups excluding carboxylic acids is 3. The number of thioether (sulfide) groups is 1. The molecule has 1 heterocycles. The van der Waals surface area contributed by atoms with Gasteiger partial charge in [-0.25, -0.2) is 14.1 Å². The van der Waals surface area contributed by atoms with Gasteiger partial charge in [0, 0.05) is 0 Å². The summed E-state index contributed by atoms with van der Waals surface area (Å²) in [6.45, 7) is 0. The first-order valence-electron chi connectivity index (χ1n) is 8.92. The van der Waals surface area contributed by atoms with Crippen LogP contribution >= 0.6 is 11.8 Å². The molecule has 148 valence electrons. The Morgan fingerprint density at radius 2 is 1.57 bits per heavy atom. The van der Waals surface area contributed by atoms with Crippen LogP contribution in [0.25, 0.3) is 6.08 Å². The number of carbonyl (C=O) groups is 3. The Morgan fingerprint density at radius 1 is 0.900 bits per heavy atom. The van der Waals surface area contributed by atoms with Crippen LogP contribution in [-0.2, 0) is 4.79 Å². The van der Waals surface area contributed by atoms with Crippen LogP contribution in [0.3, 0.4) is 0 Å². The van der Waals surface area contributed by atoms with E-state index in [4.69, 9.17) is 4.74 Å². The number of anilines is 1. The second kappa shape index (κ2) is 8.34. The standard InChI is InChI=1S/C23H14FNO4S/c24-17-10-8-16(9-11-17)22(27)29-19-12-6-15(7-13-19)14-20-21(26)25(23(28)30-20)18-4-2-1-3-5-18/h1-14H/b20-14-. The third-order valence-corrected chi connectivity index (χ3v) is 5.15. The number of esters is 1. The van der Waals surface area contributed by atoms with E-state index in [2.05, 4.69) is 0 Å². The van der Waals surface area contributed by atoms with Gasteiger partial charge in [-0.3, -0.25) is 9.59 Å². The summed E-state index contributed by atoms with van der Waals surface area (Å²) in [5.41, 5.74) is 1.43. The average molecular weight is 419 g/mol. The number of imide groups is 1. The monoisotopic (exact) mass is 419 g/mol. The number of rotatable bonds is 4. The van der Waals surface area contributed by atoms with Crippen LogP contribution in [0.1, 0.15) is 15.9 Å². The fourth-order valence-electron chi connectivity index (χ4n) is 2.80. The van der Waals surface area contributed by atoms with Gasteiger partial charge < -0.3 is 4.74 Å². The summed E-state index contributed by atoms with van der Waals surface area (Å²) in [6, 6.07) is 20.3. The summed E-state index contributed by atoms with van der Waals surface area (Å²) >= 11 is 0.867. The van der Waals surface area contributed by atoms with Crippen LogP contribution in [0.2, 0.25) is 0 Å². The summed E-state index contributed by atoms with van der Waals surface area (Å²) in [7, 11) is 0. The van der Waals surface area contributed by atoms with Gasteiger partial charge in [-0.05, 0) is 71.9 Å². The van der Waals surface area contributed by atoms with E-state index < -0.39 is 11.8 Å².